The standard InChI is InChI=1S/C30H28N2O3/c1-19-8-10-21(11-9-19)26-18-35-29-16-28(34-3)24(15-25(26)29)20(2)14-30(33)31-13-12-22-17-32-27-7-5-4-6-23(22)27/h4-11,14-18,32H,12-13H2,1-3H3,(H,31,33)/b20-14+. The third-order valence-corrected chi connectivity index (χ3v) is 6.40. The number of aromatic amines is 1. The number of furan rings is 1. The van der Waals surface area contributed by atoms with Gasteiger partial charge in [-0.15, -0.1) is 0 Å². The molecule has 5 rings (SSSR count). The van der Waals surface area contributed by atoms with Crippen molar-refractivity contribution in [2.75, 3.05) is 13.7 Å². The molecule has 3 aromatic carbocycles. The van der Waals surface area contributed by atoms with Gasteiger partial charge in [-0.25, -0.2) is 0 Å². The highest BCUT2D eigenvalue weighted by molar-refractivity contribution is 6.00. The summed E-state index contributed by atoms with van der Waals surface area (Å²) in [6, 6.07) is 20.5. The van der Waals surface area contributed by atoms with E-state index in [2.05, 4.69) is 53.6 Å². The Bertz CT molecular complexity index is 1540. The Labute approximate surface area is 204 Å². The molecule has 0 aliphatic carbocycles. The van der Waals surface area contributed by atoms with Gasteiger partial charge in [0.15, 0.2) is 0 Å². The Hall–Kier alpha value is -4.25. The summed E-state index contributed by atoms with van der Waals surface area (Å²) < 4.78 is 11.5. The average Bonchev–Trinajstić information content (AvgIpc) is 3.47. The molecule has 0 aliphatic heterocycles. The molecule has 2 N–H and O–H groups in total. The molecule has 5 heteroatoms. The minimum atomic E-state index is -0.129. The Morgan fingerprint density at radius 2 is 1.89 bits per heavy atom. The molecule has 1 amide bonds. The number of hydrogen-bond donors (Lipinski definition) is 2. The van der Waals surface area contributed by atoms with E-state index in [9.17, 15) is 4.79 Å². The molecule has 0 bridgehead atoms. The number of carbonyl (C=O) groups excluding carboxylic acids is 1. The van der Waals surface area contributed by atoms with Crippen LogP contribution in [0.15, 0.2) is 83.6 Å². The molecule has 0 radical (unpaired) electrons. The molecule has 5 nitrogen and oxygen atoms in total. The number of carbonyl (C=O) groups is 1. The highest BCUT2D eigenvalue weighted by Gasteiger charge is 2.15. The number of H-pyrrole nitrogens is 1. The third kappa shape index (κ3) is 4.58. The Morgan fingerprint density at radius 1 is 1.09 bits per heavy atom. The van der Waals surface area contributed by atoms with Gasteiger partial charge in [-0.05, 0) is 49.1 Å². The number of ether oxygens (including phenoxy) is 1. The van der Waals surface area contributed by atoms with E-state index in [0.717, 1.165) is 45.2 Å². The van der Waals surface area contributed by atoms with Crippen molar-refractivity contribution in [1.82, 2.24) is 10.3 Å². The molecule has 0 unspecified atom stereocenters. The van der Waals surface area contributed by atoms with Gasteiger partial charge in [0.05, 0.1) is 13.4 Å². The second kappa shape index (κ2) is 9.55. The summed E-state index contributed by atoms with van der Waals surface area (Å²) in [5.74, 6) is 0.540. The van der Waals surface area contributed by atoms with Gasteiger partial charge in [-0.2, -0.15) is 0 Å². The van der Waals surface area contributed by atoms with Crippen molar-refractivity contribution in [3.63, 3.8) is 0 Å². The zero-order valence-corrected chi connectivity index (χ0v) is 20.1. The van der Waals surface area contributed by atoms with Crippen LogP contribution in [0.4, 0.5) is 0 Å². The van der Waals surface area contributed by atoms with Crippen LogP contribution in [0.3, 0.4) is 0 Å². The summed E-state index contributed by atoms with van der Waals surface area (Å²) >= 11 is 0. The molecule has 0 atom stereocenters. The smallest absolute Gasteiger partial charge is 0.244 e. The highest BCUT2D eigenvalue weighted by atomic mass is 16.5. The first kappa shape index (κ1) is 22.5. The normalized spacial score (nSPS) is 11.8. The molecule has 176 valence electrons. The lowest BCUT2D eigenvalue weighted by Gasteiger charge is -2.10. The van der Waals surface area contributed by atoms with E-state index in [1.807, 2.05) is 37.4 Å². The molecule has 0 saturated carbocycles. The Balaban J connectivity index is 1.36. The molecule has 5 aromatic rings. The fourth-order valence-electron chi connectivity index (χ4n) is 4.47. The van der Waals surface area contributed by atoms with Crippen molar-refractivity contribution >= 4 is 33.4 Å². The van der Waals surface area contributed by atoms with Crippen LogP contribution < -0.4 is 10.1 Å². The van der Waals surface area contributed by atoms with Crippen LogP contribution in [-0.4, -0.2) is 24.5 Å². The van der Waals surface area contributed by atoms with E-state index in [1.165, 1.54) is 16.5 Å². The lowest BCUT2D eigenvalue weighted by Crippen LogP contribution is -2.23. The van der Waals surface area contributed by atoms with E-state index in [0.29, 0.717) is 12.3 Å². The number of amides is 1. The number of hydrogen-bond acceptors (Lipinski definition) is 3. The molecule has 2 heterocycles. The van der Waals surface area contributed by atoms with E-state index < -0.39 is 0 Å². The molecule has 0 aliphatic rings. The SMILES string of the molecule is COc1cc2occ(-c3ccc(C)cc3)c2cc1/C(C)=C/C(=O)NCCc1c[nH]c2ccccc12. The summed E-state index contributed by atoms with van der Waals surface area (Å²) in [4.78, 5) is 16.0. The van der Waals surface area contributed by atoms with E-state index in [-0.39, 0.29) is 5.91 Å². The highest BCUT2D eigenvalue weighted by Crippen LogP contribution is 2.37. The molecular formula is C30H28N2O3. The first-order valence-electron chi connectivity index (χ1n) is 11.7. The van der Waals surface area contributed by atoms with Crippen LogP contribution in [0.2, 0.25) is 0 Å². The lowest BCUT2D eigenvalue weighted by molar-refractivity contribution is -0.116. The van der Waals surface area contributed by atoms with Gasteiger partial charge < -0.3 is 19.5 Å². The topological polar surface area (TPSA) is 67.3 Å². The van der Waals surface area contributed by atoms with E-state index in [1.54, 1.807) is 19.4 Å². The number of methoxy groups -OCH3 is 1. The second-order valence-corrected chi connectivity index (χ2v) is 8.79. The third-order valence-electron chi connectivity index (χ3n) is 6.40. The number of fused-ring (bicyclic) bond motifs is 2. The minimum absolute atomic E-state index is 0.129. The van der Waals surface area contributed by atoms with Gasteiger partial charge in [0.1, 0.15) is 11.3 Å². The maximum Gasteiger partial charge on any atom is 0.244 e. The summed E-state index contributed by atoms with van der Waals surface area (Å²) in [6.07, 6.45) is 6.17. The maximum atomic E-state index is 12.7. The monoisotopic (exact) mass is 464 g/mol. The number of aryl methyl sites for hydroxylation is 1. The minimum Gasteiger partial charge on any atom is -0.496 e. The van der Waals surface area contributed by atoms with Crippen molar-refractivity contribution in [2.24, 2.45) is 0 Å². The number of allylic oxidation sites excluding steroid dienone is 1. The number of aromatic nitrogens is 1. The van der Waals surface area contributed by atoms with Crippen molar-refractivity contribution < 1.29 is 13.9 Å². The van der Waals surface area contributed by atoms with Gasteiger partial charge in [0, 0.05) is 52.3 Å². The molecule has 35 heavy (non-hydrogen) atoms. The predicted octanol–water partition coefficient (Wildman–Crippen LogP) is 6.66. The van der Waals surface area contributed by atoms with Gasteiger partial charge in [-0.1, -0.05) is 48.0 Å². The number of benzene rings is 3. The fraction of sp³-hybridized carbons (Fsp3) is 0.167. The van der Waals surface area contributed by atoms with Crippen LogP contribution in [0.1, 0.15) is 23.6 Å². The zero-order chi connectivity index (χ0) is 24.4. The van der Waals surface area contributed by atoms with Gasteiger partial charge >= 0.3 is 0 Å². The molecule has 2 aromatic heterocycles. The first-order valence-corrected chi connectivity index (χ1v) is 11.7. The van der Waals surface area contributed by atoms with Crippen molar-refractivity contribution in [1.29, 1.82) is 0 Å². The summed E-state index contributed by atoms with van der Waals surface area (Å²) in [6.45, 7) is 4.55. The number of rotatable bonds is 7. The molecular weight excluding hydrogens is 436 g/mol. The predicted molar refractivity (Wildman–Crippen MR) is 142 cm³/mol. The van der Waals surface area contributed by atoms with Crippen molar-refractivity contribution in [2.45, 2.75) is 20.3 Å². The van der Waals surface area contributed by atoms with E-state index >= 15 is 0 Å². The van der Waals surface area contributed by atoms with Crippen molar-refractivity contribution in [3.8, 4) is 16.9 Å². The van der Waals surface area contributed by atoms with E-state index in [4.69, 9.17) is 9.15 Å². The molecule has 0 fully saturated rings. The molecule has 0 spiro atoms. The van der Waals surface area contributed by atoms with Crippen LogP contribution in [-0.2, 0) is 11.2 Å². The van der Waals surface area contributed by atoms with Crippen LogP contribution in [0.25, 0.3) is 38.6 Å². The average molecular weight is 465 g/mol. The quantitative estimate of drug-likeness (QED) is 0.265. The summed E-state index contributed by atoms with van der Waals surface area (Å²) in [5, 5.41) is 5.18. The second-order valence-electron chi connectivity index (χ2n) is 8.79. The van der Waals surface area contributed by atoms with Crippen LogP contribution in [0, 0.1) is 6.92 Å². The number of para-hydroxylation sites is 1. The lowest BCUT2D eigenvalue weighted by atomic mass is 9.99. The first-order chi connectivity index (χ1) is 17.0. The molecule has 0 saturated heterocycles. The maximum absolute atomic E-state index is 12.7. The zero-order valence-electron chi connectivity index (χ0n) is 20.1. The Kier molecular flexibility index (Phi) is 6.15. The van der Waals surface area contributed by atoms with Crippen molar-refractivity contribution in [3.05, 3.63) is 95.9 Å². The number of nitrogens with one attached hydrogen (secondary N) is 2. The fourth-order valence-corrected chi connectivity index (χ4v) is 4.47. The van der Waals surface area contributed by atoms with Crippen LogP contribution >= 0.6 is 0 Å². The van der Waals surface area contributed by atoms with Gasteiger partial charge in [-0.3, -0.25) is 4.79 Å². The Morgan fingerprint density at radius 3 is 2.69 bits per heavy atom. The van der Waals surface area contributed by atoms with Gasteiger partial charge in [0.25, 0.3) is 0 Å². The largest absolute Gasteiger partial charge is 0.496 e. The van der Waals surface area contributed by atoms with Gasteiger partial charge in [0.2, 0.25) is 5.91 Å². The van der Waals surface area contributed by atoms with Crippen LogP contribution in [0.5, 0.6) is 5.75 Å². The summed E-state index contributed by atoms with van der Waals surface area (Å²) in [7, 11) is 1.63. The summed E-state index contributed by atoms with van der Waals surface area (Å²) in [5.41, 5.74) is 8.04.